The van der Waals surface area contributed by atoms with Gasteiger partial charge in [0.15, 0.2) is 0 Å². The van der Waals surface area contributed by atoms with Gasteiger partial charge in [-0.15, -0.1) is 0 Å². The Morgan fingerprint density at radius 1 is 1.39 bits per heavy atom. The average Bonchev–Trinajstić information content (AvgIpc) is 2.55. The number of aromatic nitrogens is 3. The number of anilines is 1. The SMILES string of the molecule is CCn1cc(C(=O)O)c(=O)c2cnc(N3CCNCC3)nc21.[CaH2]. The molecule has 2 aromatic heterocycles. The van der Waals surface area contributed by atoms with Crippen LogP contribution in [0.4, 0.5) is 5.95 Å². The van der Waals surface area contributed by atoms with Crippen molar-refractivity contribution in [1.29, 1.82) is 0 Å². The fraction of sp³-hybridized carbons (Fsp3) is 0.429. The molecular formula is C14H19CaN5O3. The van der Waals surface area contributed by atoms with Gasteiger partial charge < -0.3 is 19.9 Å². The number of aromatic carboxylic acids is 1. The number of hydrogen-bond donors (Lipinski definition) is 2. The van der Waals surface area contributed by atoms with Crippen LogP contribution in [0.3, 0.4) is 0 Å². The Morgan fingerprint density at radius 2 is 2.09 bits per heavy atom. The zero-order valence-electron chi connectivity index (χ0n) is 12.2. The summed E-state index contributed by atoms with van der Waals surface area (Å²) in [6.45, 7) is 5.72. The van der Waals surface area contributed by atoms with Gasteiger partial charge in [0.1, 0.15) is 11.2 Å². The number of rotatable bonds is 3. The summed E-state index contributed by atoms with van der Waals surface area (Å²) in [5, 5.41) is 12.6. The molecule has 2 aromatic rings. The summed E-state index contributed by atoms with van der Waals surface area (Å²) in [6.07, 6.45) is 2.78. The van der Waals surface area contributed by atoms with Crippen LogP contribution in [0.2, 0.25) is 0 Å². The Bertz CT molecular complexity index is 786. The summed E-state index contributed by atoms with van der Waals surface area (Å²) in [5.41, 5.74) is -0.326. The number of fused-ring (bicyclic) bond motifs is 1. The summed E-state index contributed by atoms with van der Waals surface area (Å²) >= 11 is 0. The fourth-order valence-electron chi connectivity index (χ4n) is 2.57. The molecule has 0 saturated carbocycles. The van der Waals surface area contributed by atoms with Crippen LogP contribution < -0.4 is 15.6 Å². The maximum absolute atomic E-state index is 12.2. The molecule has 8 nitrogen and oxygen atoms in total. The Hall–Kier alpha value is -1.22. The fourth-order valence-corrected chi connectivity index (χ4v) is 2.57. The van der Waals surface area contributed by atoms with E-state index in [1.54, 1.807) is 4.57 Å². The first-order valence-corrected chi connectivity index (χ1v) is 7.21. The van der Waals surface area contributed by atoms with Crippen LogP contribution >= 0.6 is 0 Å². The van der Waals surface area contributed by atoms with Crippen molar-refractivity contribution in [2.75, 3.05) is 31.1 Å². The van der Waals surface area contributed by atoms with E-state index in [4.69, 9.17) is 5.11 Å². The Kier molecular flexibility index (Phi) is 5.96. The maximum atomic E-state index is 12.2. The first-order chi connectivity index (χ1) is 10.6. The molecule has 0 bridgehead atoms. The molecule has 120 valence electrons. The van der Waals surface area contributed by atoms with Crippen molar-refractivity contribution >= 4 is 60.7 Å². The Labute approximate surface area is 162 Å². The molecule has 3 heterocycles. The molecule has 0 aromatic carbocycles. The van der Waals surface area contributed by atoms with E-state index in [0.29, 0.717) is 18.1 Å². The monoisotopic (exact) mass is 345 g/mol. The van der Waals surface area contributed by atoms with Gasteiger partial charge in [-0.3, -0.25) is 4.79 Å². The second-order valence-corrected chi connectivity index (χ2v) is 5.11. The number of carbonyl (C=O) groups is 1. The van der Waals surface area contributed by atoms with E-state index < -0.39 is 11.4 Å². The van der Waals surface area contributed by atoms with Crippen LogP contribution in [0, 0.1) is 0 Å². The molecule has 9 heteroatoms. The van der Waals surface area contributed by atoms with Crippen LogP contribution in [0.15, 0.2) is 17.2 Å². The number of carboxylic acids is 1. The first kappa shape index (κ1) is 18.1. The van der Waals surface area contributed by atoms with Crippen LogP contribution in [0.5, 0.6) is 0 Å². The van der Waals surface area contributed by atoms with Gasteiger partial charge in [-0.1, -0.05) is 0 Å². The summed E-state index contributed by atoms with van der Waals surface area (Å²) in [7, 11) is 0. The number of carboxylic acid groups (broad SMARTS) is 1. The van der Waals surface area contributed by atoms with Gasteiger partial charge >= 0.3 is 43.7 Å². The number of nitrogens with zero attached hydrogens (tertiary/aromatic N) is 4. The summed E-state index contributed by atoms with van der Waals surface area (Å²) in [4.78, 5) is 34.2. The molecule has 0 atom stereocenters. The summed E-state index contributed by atoms with van der Waals surface area (Å²) in [5.74, 6) is -0.668. The van der Waals surface area contributed by atoms with Gasteiger partial charge in [0.25, 0.3) is 0 Å². The van der Waals surface area contributed by atoms with Crippen molar-refractivity contribution in [3.05, 3.63) is 28.2 Å². The molecule has 0 aliphatic carbocycles. The van der Waals surface area contributed by atoms with Gasteiger partial charge in [-0.25, -0.2) is 9.78 Å². The third-order valence-corrected chi connectivity index (χ3v) is 3.77. The molecule has 1 saturated heterocycles. The number of hydrogen-bond acceptors (Lipinski definition) is 6. The van der Waals surface area contributed by atoms with E-state index in [2.05, 4.69) is 15.3 Å². The number of piperazine rings is 1. The molecule has 3 rings (SSSR count). The molecule has 2 N–H and O–H groups in total. The molecule has 0 unspecified atom stereocenters. The number of aryl methyl sites for hydroxylation is 1. The molecule has 1 aliphatic heterocycles. The zero-order chi connectivity index (χ0) is 15.7. The second kappa shape index (κ2) is 7.57. The van der Waals surface area contributed by atoms with E-state index in [0.717, 1.165) is 26.2 Å². The van der Waals surface area contributed by atoms with Crippen molar-refractivity contribution in [2.24, 2.45) is 0 Å². The van der Waals surface area contributed by atoms with Gasteiger partial charge in [-0.05, 0) is 6.92 Å². The molecule has 23 heavy (non-hydrogen) atoms. The predicted molar refractivity (Wildman–Crippen MR) is 90.1 cm³/mol. The van der Waals surface area contributed by atoms with Gasteiger partial charge in [0.2, 0.25) is 11.4 Å². The van der Waals surface area contributed by atoms with Crippen molar-refractivity contribution < 1.29 is 9.90 Å². The number of nitrogens with one attached hydrogen (secondary N) is 1. The third-order valence-electron chi connectivity index (χ3n) is 3.77. The zero-order valence-corrected chi connectivity index (χ0v) is 12.2. The Morgan fingerprint density at radius 3 is 2.70 bits per heavy atom. The van der Waals surface area contributed by atoms with E-state index >= 15 is 0 Å². The minimum absolute atomic E-state index is 0. The van der Waals surface area contributed by atoms with Crippen molar-refractivity contribution in [1.82, 2.24) is 19.9 Å². The molecule has 0 amide bonds. The van der Waals surface area contributed by atoms with Crippen molar-refractivity contribution in [3.63, 3.8) is 0 Å². The first-order valence-electron chi connectivity index (χ1n) is 7.21. The van der Waals surface area contributed by atoms with Crippen LogP contribution in [0.25, 0.3) is 11.0 Å². The van der Waals surface area contributed by atoms with Crippen LogP contribution in [-0.4, -0.2) is 89.5 Å². The molecule has 0 radical (unpaired) electrons. The number of pyridine rings is 1. The van der Waals surface area contributed by atoms with Crippen molar-refractivity contribution in [3.8, 4) is 0 Å². The van der Waals surface area contributed by atoms with E-state index in [1.165, 1.54) is 12.4 Å². The predicted octanol–water partition coefficient (Wildman–Crippen LogP) is -0.997. The third kappa shape index (κ3) is 3.50. The van der Waals surface area contributed by atoms with E-state index in [-0.39, 0.29) is 48.7 Å². The molecule has 1 aliphatic rings. The van der Waals surface area contributed by atoms with Crippen LogP contribution in [0.1, 0.15) is 17.3 Å². The average molecular weight is 345 g/mol. The topological polar surface area (TPSA) is 100 Å². The normalized spacial score (nSPS) is 14.6. The van der Waals surface area contributed by atoms with Gasteiger partial charge in [-0.2, -0.15) is 4.98 Å². The minimum atomic E-state index is -1.24. The standard InChI is InChI=1S/C14H17N5O3.Ca.2H/c1-2-18-8-10(13(21)22)11(20)9-7-16-14(17-12(9)18)19-5-3-15-4-6-19;;;/h7-8,15H,2-6H2,1H3,(H,21,22);;;. The Balaban J connectivity index is 0.00000192. The molecular weight excluding hydrogens is 326 g/mol. The van der Waals surface area contributed by atoms with Gasteiger partial charge in [0.05, 0.1) is 5.39 Å². The van der Waals surface area contributed by atoms with Gasteiger partial charge in [0, 0.05) is 45.1 Å². The quantitative estimate of drug-likeness (QED) is 0.689. The van der Waals surface area contributed by atoms with E-state index in [1.807, 2.05) is 11.8 Å². The van der Waals surface area contributed by atoms with Crippen molar-refractivity contribution in [2.45, 2.75) is 13.5 Å². The summed E-state index contributed by atoms with van der Waals surface area (Å²) in [6, 6.07) is 0. The molecule has 1 fully saturated rings. The van der Waals surface area contributed by atoms with E-state index in [9.17, 15) is 9.59 Å². The van der Waals surface area contributed by atoms with Crippen LogP contribution in [-0.2, 0) is 6.54 Å². The molecule has 0 spiro atoms. The summed E-state index contributed by atoms with van der Waals surface area (Å²) < 4.78 is 1.67. The second-order valence-electron chi connectivity index (χ2n) is 5.11.